The smallest absolute Gasteiger partial charge is 0.255 e. The van der Waals surface area contributed by atoms with Gasteiger partial charge < -0.3 is 10.2 Å². The first kappa shape index (κ1) is 14.8. The summed E-state index contributed by atoms with van der Waals surface area (Å²) in [6, 6.07) is 5.40. The summed E-state index contributed by atoms with van der Waals surface area (Å²) in [5.41, 5.74) is 0.584. The fraction of sp³-hybridized carbons (Fsp3) is 0.500. The van der Waals surface area contributed by atoms with E-state index >= 15 is 0 Å². The SMILES string of the molecule is CNCC1CCCN(C(=O)c2cc(Br)ccc2Cl)C1. The molecule has 0 bridgehead atoms. The second kappa shape index (κ2) is 6.73. The zero-order valence-corrected chi connectivity index (χ0v) is 13.3. The number of rotatable bonds is 3. The highest BCUT2D eigenvalue weighted by Crippen LogP contribution is 2.24. The highest BCUT2D eigenvalue weighted by atomic mass is 79.9. The molecule has 1 atom stereocenters. The number of nitrogens with zero attached hydrogens (tertiary/aromatic N) is 1. The Labute approximate surface area is 127 Å². The van der Waals surface area contributed by atoms with E-state index in [0.29, 0.717) is 16.5 Å². The lowest BCUT2D eigenvalue weighted by molar-refractivity contribution is 0.0674. The van der Waals surface area contributed by atoms with Crippen molar-refractivity contribution in [3.63, 3.8) is 0 Å². The van der Waals surface area contributed by atoms with Gasteiger partial charge in [0.1, 0.15) is 0 Å². The normalized spacial score (nSPS) is 19.5. The molecule has 1 saturated heterocycles. The van der Waals surface area contributed by atoms with E-state index in [0.717, 1.165) is 30.5 Å². The molecule has 5 heteroatoms. The van der Waals surface area contributed by atoms with Crippen molar-refractivity contribution in [2.45, 2.75) is 12.8 Å². The monoisotopic (exact) mass is 344 g/mol. The second-order valence-electron chi connectivity index (χ2n) is 4.94. The maximum absolute atomic E-state index is 12.5. The van der Waals surface area contributed by atoms with Gasteiger partial charge in [-0.1, -0.05) is 27.5 Å². The van der Waals surface area contributed by atoms with Gasteiger partial charge in [-0.15, -0.1) is 0 Å². The molecule has 1 fully saturated rings. The number of amides is 1. The molecule has 104 valence electrons. The Kier molecular flexibility index (Phi) is 5.25. The van der Waals surface area contributed by atoms with Crippen LogP contribution in [-0.2, 0) is 0 Å². The number of likely N-dealkylation sites (tertiary alicyclic amines) is 1. The van der Waals surface area contributed by atoms with Gasteiger partial charge >= 0.3 is 0 Å². The van der Waals surface area contributed by atoms with E-state index in [1.54, 1.807) is 12.1 Å². The summed E-state index contributed by atoms with van der Waals surface area (Å²) < 4.78 is 0.879. The molecular formula is C14H18BrClN2O. The third-order valence-electron chi connectivity index (χ3n) is 3.46. The Balaban J connectivity index is 2.12. The average molecular weight is 346 g/mol. The highest BCUT2D eigenvalue weighted by molar-refractivity contribution is 9.10. The molecule has 1 aliphatic rings. The van der Waals surface area contributed by atoms with Crippen molar-refractivity contribution in [2.75, 3.05) is 26.7 Å². The summed E-state index contributed by atoms with van der Waals surface area (Å²) >= 11 is 9.51. The lowest BCUT2D eigenvalue weighted by atomic mass is 9.97. The summed E-state index contributed by atoms with van der Waals surface area (Å²) in [6.45, 7) is 2.58. The Bertz CT molecular complexity index is 465. The number of halogens is 2. The molecule has 1 heterocycles. The van der Waals surface area contributed by atoms with Crippen LogP contribution in [0.15, 0.2) is 22.7 Å². The first-order chi connectivity index (χ1) is 9.11. The van der Waals surface area contributed by atoms with E-state index in [9.17, 15) is 4.79 Å². The first-order valence-electron chi connectivity index (χ1n) is 6.50. The van der Waals surface area contributed by atoms with Crippen molar-refractivity contribution in [3.8, 4) is 0 Å². The molecule has 0 aromatic heterocycles. The summed E-state index contributed by atoms with van der Waals surface area (Å²) in [7, 11) is 1.95. The van der Waals surface area contributed by atoms with Gasteiger partial charge in [0.2, 0.25) is 0 Å². The molecule has 2 rings (SSSR count). The molecule has 1 unspecified atom stereocenters. The van der Waals surface area contributed by atoms with Crippen molar-refractivity contribution in [3.05, 3.63) is 33.3 Å². The van der Waals surface area contributed by atoms with Gasteiger partial charge in [-0.2, -0.15) is 0 Å². The average Bonchev–Trinajstić information content (AvgIpc) is 2.41. The van der Waals surface area contributed by atoms with E-state index in [4.69, 9.17) is 11.6 Å². The van der Waals surface area contributed by atoms with Crippen LogP contribution < -0.4 is 5.32 Å². The summed E-state index contributed by atoms with van der Waals surface area (Å²) in [5, 5.41) is 3.70. The molecule has 0 spiro atoms. The number of hydrogen-bond acceptors (Lipinski definition) is 2. The first-order valence-corrected chi connectivity index (χ1v) is 7.68. The van der Waals surface area contributed by atoms with Crippen LogP contribution in [0.5, 0.6) is 0 Å². The number of carbonyl (C=O) groups is 1. The minimum Gasteiger partial charge on any atom is -0.338 e. The third kappa shape index (κ3) is 3.71. The van der Waals surface area contributed by atoms with Crippen LogP contribution >= 0.6 is 27.5 Å². The Morgan fingerprint density at radius 3 is 3.11 bits per heavy atom. The second-order valence-corrected chi connectivity index (χ2v) is 6.26. The van der Waals surface area contributed by atoms with Gasteiger partial charge in [0.25, 0.3) is 5.91 Å². The predicted octanol–water partition coefficient (Wildman–Crippen LogP) is 3.17. The maximum Gasteiger partial charge on any atom is 0.255 e. The van der Waals surface area contributed by atoms with E-state index in [1.807, 2.05) is 18.0 Å². The van der Waals surface area contributed by atoms with Gasteiger partial charge in [0, 0.05) is 17.6 Å². The van der Waals surface area contributed by atoms with Gasteiger partial charge in [-0.05, 0) is 50.6 Å². The lowest BCUT2D eigenvalue weighted by Gasteiger charge is -2.33. The lowest BCUT2D eigenvalue weighted by Crippen LogP contribution is -2.42. The molecule has 1 aliphatic heterocycles. The third-order valence-corrected chi connectivity index (χ3v) is 4.28. The molecule has 1 amide bonds. The van der Waals surface area contributed by atoms with E-state index in [2.05, 4.69) is 21.2 Å². The minimum atomic E-state index is 0.0344. The Morgan fingerprint density at radius 2 is 2.37 bits per heavy atom. The standard InChI is InChI=1S/C14H18BrClN2O/c1-17-8-10-3-2-6-18(9-10)14(19)12-7-11(15)4-5-13(12)16/h4-5,7,10,17H,2-3,6,8-9H2,1H3. The Hall–Kier alpha value is -0.580. The van der Waals surface area contributed by atoms with E-state index < -0.39 is 0 Å². The number of benzene rings is 1. The van der Waals surface area contributed by atoms with Gasteiger partial charge in [0.05, 0.1) is 10.6 Å². The predicted molar refractivity (Wildman–Crippen MR) is 81.7 cm³/mol. The van der Waals surface area contributed by atoms with Gasteiger partial charge in [-0.3, -0.25) is 4.79 Å². The number of carbonyl (C=O) groups excluding carboxylic acids is 1. The fourth-order valence-corrected chi connectivity index (χ4v) is 3.10. The largest absolute Gasteiger partial charge is 0.338 e. The molecule has 1 aromatic carbocycles. The van der Waals surface area contributed by atoms with Gasteiger partial charge in [0.15, 0.2) is 0 Å². The number of piperidine rings is 1. The highest BCUT2D eigenvalue weighted by Gasteiger charge is 2.25. The van der Waals surface area contributed by atoms with Gasteiger partial charge in [-0.25, -0.2) is 0 Å². The van der Waals surface area contributed by atoms with Crippen LogP contribution in [0, 0.1) is 5.92 Å². The van der Waals surface area contributed by atoms with Crippen molar-refractivity contribution in [2.24, 2.45) is 5.92 Å². The van der Waals surface area contributed by atoms with Crippen molar-refractivity contribution < 1.29 is 4.79 Å². The van der Waals surface area contributed by atoms with Crippen LogP contribution in [0.4, 0.5) is 0 Å². The van der Waals surface area contributed by atoms with Crippen LogP contribution in [0.25, 0.3) is 0 Å². The summed E-state index contributed by atoms with van der Waals surface area (Å²) in [4.78, 5) is 14.4. The van der Waals surface area contributed by atoms with Crippen LogP contribution in [0.3, 0.4) is 0 Å². The number of nitrogens with one attached hydrogen (secondary N) is 1. The zero-order chi connectivity index (χ0) is 13.8. The van der Waals surface area contributed by atoms with Crippen LogP contribution in [0.1, 0.15) is 23.2 Å². The van der Waals surface area contributed by atoms with E-state index in [1.165, 1.54) is 6.42 Å². The number of hydrogen-bond donors (Lipinski definition) is 1. The quantitative estimate of drug-likeness (QED) is 0.912. The van der Waals surface area contributed by atoms with Crippen LogP contribution in [-0.4, -0.2) is 37.5 Å². The fourth-order valence-electron chi connectivity index (χ4n) is 2.54. The molecule has 1 aromatic rings. The topological polar surface area (TPSA) is 32.3 Å². The molecule has 0 saturated carbocycles. The summed E-state index contributed by atoms with van der Waals surface area (Å²) in [6.07, 6.45) is 2.24. The molecule has 19 heavy (non-hydrogen) atoms. The molecular weight excluding hydrogens is 328 g/mol. The molecule has 3 nitrogen and oxygen atoms in total. The molecule has 0 radical (unpaired) electrons. The minimum absolute atomic E-state index is 0.0344. The maximum atomic E-state index is 12.5. The zero-order valence-electron chi connectivity index (χ0n) is 11.0. The van der Waals surface area contributed by atoms with E-state index in [-0.39, 0.29) is 5.91 Å². The van der Waals surface area contributed by atoms with Crippen molar-refractivity contribution in [1.82, 2.24) is 10.2 Å². The molecule has 1 N–H and O–H groups in total. The van der Waals surface area contributed by atoms with Crippen molar-refractivity contribution in [1.29, 1.82) is 0 Å². The summed E-state index contributed by atoms with van der Waals surface area (Å²) in [5.74, 6) is 0.570. The molecule has 0 aliphatic carbocycles. The van der Waals surface area contributed by atoms with Crippen molar-refractivity contribution >= 4 is 33.4 Å². The van der Waals surface area contributed by atoms with Crippen LogP contribution in [0.2, 0.25) is 5.02 Å². The Morgan fingerprint density at radius 1 is 1.58 bits per heavy atom.